The average Bonchev–Trinajstić information content (AvgIpc) is 2.36. The van der Waals surface area contributed by atoms with Crippen LogP contribution in [0.2, 0.25) is 5.15 Å². The van der Waals surface area contributed by atoms with Crippen LogP contribution in [0, 0.1) is 0 Å². The molecule has 104 valence electrons. The summed E-state index contributed by atoms with van der Waals surface area (Å²) in [6.45, 7) is 5.54. The van der Waals surface area contributed by atoms with E-state index in [0.29, 0.717) is 31.1 Å². The summed E-state index contributed by atoms with van der Waals surface area (Å²) < 4.78 is 5.40. The van der Waals surface area contributed by atoms with Gasteiger partial charge in [-0.15, -0.1) is 0 Å². The summed E-state index contributed by atoms with van der Waals surface area (Å²) in [6, 6.07) is 3.12. The highest BCUT2D eigenvalue weighted by Gasteiger charge is 2.34. The van der Waals surface area contributed by atoms with E-state index < -0.39 is 0 Å². The fraction of sp³-hybridized carbons (Fsp3) is 0.500. The van der Waals surface area contributed by atoms with Crippen molar-refractivity contribution in [3.8, 4) is 0 Å². The third-order valence-corrected chi connectivity index (χ3v) is 3.27. The van der Waals surface area contributed by atoms with Crippen molar-refractivity contribution in [2.75, 3.05) is 25.2 Å². The molecule has 1 aliphatic rings. The number of morpholine rings is 1. The van der Waals surface area contributed by atoms with E-state index in [1.807, 2.05) is 13.8 Å². The molecule has 7 heteroatoms. The second kappa shape index (κ2) is 5.32. The fourth-order valence-electron chi connectivity index (χ4n) is 2.08. The molecular formula is C12H17ClN4O2. The van der Waals surface area contributed by atoms with Gasteiger partial charge in [0.15, 0.2) is 0 Å². The summed E-state index contributed by atoms with van der Waals surface area (Å²) in [5.41, 5.74) is 2.51. The second-order valence-corrected chi connectivity index (χ2v) is 5.42. The lowest BCUT2D eigenvalue weighted by Crippen LogP contribution is -2.55. The van der Waals surface area contributed by atoms with Gasteiger partial charge in [0.05, 0.1) is 18.8 Å². The molecule has 0 unspecified atom stereocenters. The number of nitrogens with two attached hydrogens (primary N) is 1. The maximum absolute atomic E-state index is 12.6. The van der Waals surface area contributed by atoms with E-state index in [-0.39, 0.29) is 16.6 Å². The Morgan fingerprint density at radius 2 is 2.32 bits per heavy atom. The summed E-state index contributed by atoms with van der Waals surface area (Å²) >= 11 is 5.88. The first-order valence-electron chi connectivity index (χ1n) is 5.98. The summed E-state index contributed by atoms with van der Waals surface area (Å²) in [5.74, 6) is 5.56. The predicted molar refractivity (Wildman–Crippen MR) is 73.0 cm³/mol. The van der Waals surface area contributed by atoms with Crippen molar-refractivity contribution in [2.24, 2.45) is 5.84 Å². The third-order valence-electron chi connectivity index (χ3n) is 3.08. The number of hydrogen-bond donors (Lipinski definition) is 2. The molecule has 6 nitrogen and oxygen atoms in total. The summed E-state index contributed by atoms with van der Waals surface area (Å²) in [5, 5.41) is 0.227. The molecule has 1 amide bonds. The summed E-state index contributed by atoms with van der Waals surface area (Å²) in [4.78, 5) is 18.3. The van der Waals surface area contributed by atoms with Crippen LogP contribution in [0.25, 0.3) is 0 Å². The van der Waals surface area contributed by atoms with Gasteiger partial charge in [-0.1, -0.05) is 11.6 Å². The average molecular weight is 285 g/mol. The zero-order chi connectivity index (χ0) is 14.0. The van der Waals surface area contributed by atoms with Crippen LogP contribution in [0.15, 0.2) is 12.1 Å². The maximum atomic E-state index is 12.6. The third kappa shape index (κ3) is 2.97. The molecule has 0 radical (unpaired) electrons. The van der Waals surface area contributed by atoms with Gasteiger partial charge in [0.25, 0.3) is 5.91 Å². The Kier molecular flexibility index (Phi) is 3.93. The smallest absolute Gasteiger partial charge is 0.254 e. The van der Waals surface area contributed by atoms with E-state index in [9.17, 15) is 4.79 Å². The molecule has 1 aromatic heterocycles. The van der Waals surface area contributed by atoms with Crippen LogP contribution >= 0.6 is 11.6 Å². The fourth-order valence-corrected chi connectivity index (χ4v) is 2.29. The number of carbonyl (C=O) groups is 1. The molecular weight excluding hydrogens is 268 g/mol. The van der Waals surface area contributed by atoms with E-state index >= 15 is 0 Å². The molecule has 1 saturated heterocycles. The van der Waals surface area contributed by atoms with Gasteiger partial charge in [0.2, 0.25) is 0 Å². The minimum Gasteiger partial charge on any atom is -0.377 e. The van der Waals surface area contributed by atoms with E-state index in [2.05, 4.69) is 10.4 Å². The van der Waals surface area contributed by atoms with Crippen molar-refractivity contribution in [1.29, 1.82) is 0 Å². The number of aromatic nitrogens is 1. The molecule has 0 bridgehead atoms. The number of halogens is 1. The van der Waals surface area contributed by atoms with E-state index in [0.717, 1.165) is 0 Å². The highest BCUT2D eigenvalue weighted by Crippen LogP contribution is 2.23. The molecule has 1 aliphatic heterocycles. The lowest BCUT2D eigenvalue weighted by Gasteiger charge is -2.42. The van der Waals surface area contributed by atoms with Crippen LogP contribution in [0.3, 0.4) is 0 Å². The van der Waals surface area contributed by atoms with Gasteiger partial charge in [-0.3, -0.25) is 4.79 Å². The quantitative estimate of drug-likeness (QED) is 0.486. The van der Waals surface area contributed by atoms with Crippen molar-refractivity contribution < 1.29 is 9.53 Å². The number of anilines is 1. The van der Waals surface area contributed by atoms with E-state index in [1.165, 1.54) is 6.07 Å². The Morgan fingerprint density at radius 1 is 1.58 bits per heavy atom. The number of amides is 1. The Bertz CT molecular complexity index is 493. The summed E-state index contributed by atoms with van der Waals surface area (Å²) in [7, 11) is 0. The molecule has 1 fully saturated rings. The number of carbonyl (C=O) groups excluding carboxylic acids is 1. The molecule has 0 aromatic carbocycles. The standard InChI is InChI=1S/C12H17ClN4O2/c1-12(2)7-19-4-3-17(12)11(18)8-5-9(13)15-10(6-8)16-14/h5-6H,3-4,7,14H2,1-2H3,(H,15,16). The SMILES string of the molecule is CC1(C)COCCN1C(=O)c1cc(Cl)nc(NN)c1. The first kappa shape index (κ1) is 14.0. The highest BCUT2D eigenvalue weighted by atomic mass is 35.5. The first-order valence-corrected chi connectivity index (χ1v) is 6.36. The van der Waals surface area contributed by atoms with Gasteiger partial charge in [0, 0.05) is 12.1 Å². The molecule has 0 atom stereocenters. The van der Waals surface area contributed by atoms with Crippen molar-refractivity contribution in [3.05, 3.63) is 22.8 Å². The minimum atomic E-state index is -0.346. The number of pyridine rings is 1. The van der Waals surface area contributed by atoms with Crippen LogP contribution in [0.1, 0.15) is 24.2 Å². The highest BCUT2D eigenvalue weighted by molar-refractivity contribution is 6.29. The van der Waals surface area contributed by atoms with Crippen LogP contribution in [0.5, 0.6) is 0 Å². The largest absolute Gasteiger partial charge is 0.377 e. The van der Waals surface area contributed by atoms with Crippen molar-refractivity contribution in [2.45, 2.75) is 19.4 Å². The van der Waals surface area contributed by atoms with Gasteiger partial charge >= 0.3 is 0 Å². The normalized spacial score (nSPS) is 18.2. The lowest BCUT2D eigenvalue weighted by molar-refractivity contribution is -0.0370. The zero-order valence-electron chi connectivity index (χ0n) is 10.9. The number of nitrogens with zero attached hydrogens (tertiary/aromatic N) is 2. The molecule has 19 heavy (non-hydrogen) atoms. The van der Waals surface area contributed by atoms with Crippen molar-refractivity contribution in [3.63, 3.8) is 0 Å². The van der Waals surface area contributed by atoms with E-state index in [1.54, 1.807) is 11.0 Å². The van der Waals surface area contributed by atoms with E-state index in [4.69, 9.17) is 22.2 Å². The number of hydrogen-bond acceptors (Lipinski definition) is 5. The predicted octanol–water partition coefficient (Wildman–Crippen LogP) is 1.27. The van der Waals surface area contributed by atoms with Gasteiger partial charge in [-0.25, -0.2) is 10.8 Å². The molecule has 2 rings (SSSR count). The second-order valence-electron chi connectivity index (χ2n) is 5.03. The number of rotatable bonds is 2. The van der Waals surface area contributed by atoms with Crippen molar-refractivity contribution in [1.82, 2.24) is 9.88 Å². The number of nitrogens with one attached hydrogen (secondary N) is 1. The van der Waals surface area contributed by atoms with Crippen LogP contribution in [-0.2, 0) is 4.74 Å². The lowest BCUT2D eigenvalue weighted by atomic mass is 10.0. The van der Waals surface area contributed by atoms with Crippen LogP contribution in [-0.4, -0.2) is 41.1 Å². The minimum absolute atomic E-state index is 0.103. The molecule has 1 aromatic rings. The Morgan fingerprint density at radius 3 is 2.95 bits per heavy atom. The maximum Gasteiger partial charge on any atom is 0.254 e. The van der Waals surface area contributed by atoms with Crippen LogP contribution in [0.4, 0.5) is 5.82 Å². The van der Waals surface area contributed by atoms with Crippen molar-refractivity contribution >= 4 is 23.3 Å². The molecule has 0 saturated carbocycles. The summed E-state index contributed by atoms with van der Waals surface area (Å²) in [6.07, 6.45) is 0. The Labute approximate surface area is 116 Å². The molecule has 0 aliphatic carbocycles. The number of nitrogen functional groups attached to an aromatic ring is 1. The number of ether oxygens (including phenoxy) is 1. The van der Waals surface area contributed by atoms with Gasteiger partial charge in [0.1, 0.15) is 11.0 Å². The topological polar surface area (TPSA) is 80.5 Å². The van der Waals surface area contributed by atoms with Gasteiger partial charge < -0.3 is 15.1 Å². The molecule has 3 N–H and O–H groups in total. The Hall–Kier alpha value is -1.37. The first-order chi connectivity index (χ1) is 8.94. The molecule has 0 spiro atoms. The van der Waals surface area contributed by atoms with Gasteiger partial charge in [-0.05, 0) is 26.0 Å². The molecule has 2 heterocycles. The van der Waals surface area contributed by atoms with Gasteiger partial charge in [-0.2, -0.15) is 0 Å². The zero-order valence-corrected chi connectivity index (χ0v) is 11.7. The Balaban J connectivity index is 2.30. The number of hydrazine groups is 1. The monoisotopic (exact) mass is 284 g/mol. The van der Waals surface area contributed by atoms with Crippen LogP contribution < -0.4 is 11.3 Å².